The van der Waals surface area contributed by atoms with Crippen LogP contribution in [0.4, 0.5) is 0 Å². The van der Waals surface area contributed by atoms with Gasteiger partial charge in [0.05, 0.1) is 25.7 Å². The van der Waals surface area contributed by atoms with E-state index in [1.54, 1.807) is 0 Å². The highest BCUT2D eigenvalue weighted by molar-refractivity contribution is 5.76. The van der Waals surface area contributed by atoms with Gasteiger partial charge in [0.25, 0.3) is 0 Å². The van der Waals surface area contributed by atoms with Gasteiger partial charge < -0.3 is 4.74 Å². The molecule has 0 radical (unpaired) electrons. The number of nitriles is 2. The van der Waals surface area contributed by atoms with Crippen molar-refractivity contribution in [3.63, 3.8) is 0 Å². The molecule has 0 aliphatic carbocycles. The lowest BCUT2D eigenvalue weighted by Gasteiger charge is -2.05. The molecule has 0 amide bonds. The first-order valence-electron chi connectivity index (χ1n) is 4.65. The molecule has 0 aliphatic heterocycles. The molecule has 0 fully saturated rings. The maximum atomic E-state index is 8.66. The first kappa shape index (κ1) is 12.4. The monoisotopic (exact) mass is 193 g/mol. The number of unbranched alkanes of at least 4 members (excludes halogenated alkanes) is 1. The quantitative estimate of drug-likeness (QED) is 0.495. The van der Waals surface area contributed by atoms with Crippen LogP contribution in [0.25, 0.3) is 0 Å². The van der Waals surface area contributed by atoms with Crippen LogP contribution < -0.4 is 0 Å². The Hall–Kier alpha value is -1.55. The Bertz CT molecular complexity index is 260. The lowest BCUT2D eigenvalue weighted by atomic mass is 10.2. The zero-order valence-electron chi connectivity index (χ0n) is 8.66. The highest BCUT2D eigenvalue weighted by atomic mass is 16.5. The number of hydrogen-bond donors (Lipinski definition) is 0. The summed E-state index contributed by atoms with van der Waals surface area (Å²) in [4.78, 5) is 4.05. The molecule has 0 saturated carbocycles. The van der Waals surface area contributed by atoms with Gasteiger partial charge in [0.15, 0.2) is 11.9 Å². The van der Waals surface area contributed by atoms with Crippen molar-refractivity contribution >= 4 is 5.90 Å². The van der Waals surface area contributed by atoms with Gasteiger partial charge in [-0.05, 0) is 6.42 Å². The van der Waals surface area contributed by atoms with Crippen molar-refractivity contribution in [3.8, 4) is 12.1 Å². The van der Waals surface area contributed by atoms with Crippen molar-refractivity contribution in [2.75, 3.05) is 7.11 Å². The van der Waals surface area contributed by atoms with Crippen molar-refractivity contribution < 1.29 is 4.74 Å². The topological polar surface area (TPSA) is 69.2 Å². The van der Waals surface area contributed by atoms with Gasteiger partial charge >= 0.3 is 0 Å². The number of ether oxygens (including phenoxy) is 1. The first-order chi connectivity index (χ1) is 6.78. The standard InChI is InChI=1S/C10H15N3O/c1-3-4-5-10(14-2)13-9(8-12)6-7-11/h9H,3-6H2,1-2H3. The molecule has 4 heteroatoms. The number of aliphatic imine (C=N–C) groups is 1. The normalized spacial score (nSPS) is 12.7. The lowest BCUT2D eigenvalue weighted by molar-refractivity contribution is 0.384. The van der Waals surface area contributed by atoms with E-state index < -0.39 is 6.04 Å². The third kappa shape index (κ3) is 5.16. The third-order valence-corrected chi connectivity index (χ3v) is 1.71. The van der Waals surface area contributed by atoms with E-state index in [0.29, 0.717) is 5.90 Å². The summed E-state index contributed by atoms with van der Waals surface area (Å²) < 4.78 is 5.02. The second-order valence-corrected chi connectivity index (χ2v) is 2.84. The fourth-order valence-electron chi connectivity index (χ4n) is 0.928. The molecule has 0 rings (SSSR count). The van der Waals surface area contributed by atoms with E-state index in [-0.39, 0.29) is 6.42 Å². The van der Waals surface area contributed by atoms with Gasteiger partial charge in [0.2, 0.25) is 0 Å². The van der Waals surface area contributed by atoms with Crippen LogP contribution in [0.15, 0.2) is 4.99 Å². The van der Waals surface area contributed by atoms with Gasteiger partial charge in [-0.15, -0.1) is 0 Å². The average molecular weight is 193 g/mol. The Labute approximate surface area is 84.8 Å². The fourth-order valence-corrected chi connectivity index (χ4v) is 0.928. The second-order valence-electron chi connectivity index (χ2n) is 2.84. The van der Waals surface area contributed by atoms with Crippen LogP contribution in [-0.2, 0) is 4.74 Å². The van der Waals surface area contributed by atoms with Crippen LogP contribution in [0.2, 0.25) is 0 Å². The Balaban J connectivity index is 4.26. The Morgan fingerprint density at radius 1 is 1.50 bits per heavy atom. The Kier molecular flexibility index (Phi) is 7.17. The van der Waals surface area contributed by atoms with E-state index in [1.807, 2.05) is 12.1 Å². The molecular weight excluding hydrogens is 178 g/mol. The smallest absolute Gasteiger partial charge is 0.184 e. The van der Waals surface area contributed by atoms with Gasteiger partial charge in [-0.3, -0.25) is 0 Å². The molecule has 0 aromatic heterocycles. The van der Waals surface area contributed by atoms with E-state index in [2.05, 4.69) is 11.9 Å². The molecule has 4 nitrogen and oxygen atoms in total. The van der Waals surface area contributed by atoms with E-state index >= 15 is 0 Å². The fraction of sp³-hybridized carbons (Fsp3) is 0.700. The maximum Gasteiger partial charge on any atom is 0.184 e. The van der Waals surface area contributed by atoms with Crippen LogP contribution in [-0.4, -0.2) is 19.0 Å². The molecule has 1 atom stereocenters. The summed E-state index contributed by atoms with van der Waals surface area (Å²) in [5.41, 5.74) is 0. The molecule has 0 bridgehead atoms. The summed E-state index contributed by atoms with van der Waals surface area (Å²) in [6, 6.07) is 3.28. The minimum atomic E-state index is -0.591. The highest BCUT2D eigenvalue weighted by Crippen LogP contribution is 2.02. The van der Waals surface area contributed by atoms with Crippen molar-refractivity contribution in [2.45, 2.75) is 38.6 Å². The first-order valence-corrected chi connectivity index (χ1v) is 4.65. The van der Waals surface area contributed by atoms with Crippen molar-refractivity contribution in [2.24, 2.45) is 4.99 Å². The van der Waals surface area contributed by atoms with Gasteiger partial charge in [-0.1, -0.05) is 13.3 Å². The van der Waals surface area contributed by atoms with Crippen LogP contribution in [0, 0.1) is 22.7 Å². The average Bonchev–Trinajstić information content (AvgIpc) is 2.22. The Morgan fingerprint density at radius 3 is 2.64 bits per heavy atom. The van der Waals surface area contributed by atoms with Crippen LogP contribution in [0.1, 0.15) is 32.6 Å². The second kappa shape index (κ2) is 8.07. The molecule has 0 N–H and O–H groups in total. The van der Waals surface area contributed by atoms with Crippen molar-refractivity contribution in [3.05, 3.63) is 0 Å². The molecule has 1 unspecified atom stereocenters. The maximum absolute atomic E-state index is 8.66. The van der Waals surface area contributed by atoms with E-state index in [4.69, 9.17) is 15.3 Å². The number of hydrogen-bond acceptors (Lipinski definition) is 4. The van der Waals surface area contributed by atoms with Crippen LogP contribution in [0.5, 0.6) is 0 Å². The van der Waals surface area contributed by atoms with E-state index in [1.165, 1.54) is 7.11 Å². The predicted octanol–water partition coefficient (Wildman–Crippen LogP) is 2.03. The largest absolute Gasteiger partial charge is 0.484 e. The molecule has 0 spiro atoms. The molecule has 0 aliphatic rings. The SMILES string of the molecule is CCCCC(=NC(C#N)CC#N)OC. The zero-order chi connectivity index (χ0) is 10.8. The molecule has 0 aromatic carbocycles. The minimum absolute atomic E-state index is 0.121. The molecule has 14 heavy (non-hydrogen) atoms. The molecule has 0 aromatic rings. The molecule has 76 valence electrons. The van der Waals surface area contributed by atoms with Gasteiger partial charge in [-0.25, -0.2) is 4.99 Å². The molecule has 0 saturated heterocycles. The van der Waals surface area contributed by atoms with E-state index in [9.17, 15) is 0 Å². The Morgan fingerprint density at radius 2 is 2.21 bits per heavy atom. The van der Waals surface area contributed by atoms with Crippen molar-refractivity contribution in [1.29, 1.82) is 10.5 Å². The summed E-state index contributed by atoms with van der Waals surface area (Å²) >= 11 is 0. The van der Waals surface area contributed by atoms with Gasteiger partial charge in [0, 0.05) is 6.42 Å². The van der Waals surface area contributed by atoms with Crippen LogP contribution in [0.3, 0.4) is 0 Å². The van der Waals surface area contributed by atoms with Crippen molar-refractivity contribution in [1.82, 2.24) is 0 Å². The minimum Gasteiger partial charge on any atom is -0.484 e. The summed E-state index contributed by atoms with van der Waals surface area (Å²) in [5.74, 6) is 0.564. The van der Waals surface area contributed by atoms with Gasteiger partial charge in [-0.2, -0.15) is 10.5 Å². The van der Waals surface area contributed by atoms with E-state index in [0.717, 1.165) is 19.3 Å². The number of methoxy groups -OCH3 is 1. The molecular formula is C10H15N3O. The highest BCUT2D eigenvalue weighted by Gasteiger charge is 2.06. The zero-order valence-corrected chi connectivity index (χ0v) is 8.66. The molecule has 0 heterocycles. The summed E-state index contributed by atoms with van der Waals surface area (Å²) in [6.07, 6.45) is 2.89. The van der Waals surface area contributed by atoms with Gasteiger partial charge in [0.1, 0.15) is 0 Å². The number of nitrogens with zero attached hydrogens (tertiary/aromatic N) is 3. The summed E-state index contributed by atoms with van der Waals surface area (Å²) in [7, 11) is 1.54. The van der Waals surface area contributed by atoms with Crippen LogP contribution >= 0.6 is 0 Å². The summed E-state index contributed by atoms with van der Waals surface area (Å²) in [5, 5.41) is 17.1. The predicted molar refractivity (Wildman–Crippen MR) is 53.6 cm³/mol. The lowest BCUT2D eigenvalue weighted by Crippen LogP contribution is -2.08. The number of rotatable bonds is 5. The third-order valence-electron chi connectivity index (χ3n) is 1.71. The summed E-state index contributed by atoms with van der Waals surface area (Å²) in [6.45, 7) is 2.07.